The van der Waals surface area contributed by atoms with Crippen LogP contribution < -0.4 is 10.6 Å². The summed E-state index contributed by atoms with van der Waals surface area (Å²) in [4.78, 5) is 21.4. The largest absolute Gasteiger partial charge is 0.352 e. The van der Waals surface area contributed by atoms with Gasteiger partial charge in [0.2, 0.25) is 5.95 Å². The first kappa shape index (κ1) is 17.9. The lowest BCUT2D eigenvalue weighted by Gasteiger charge is -2.15. The molecular formula is C19H26N4O. The molecule has 5 nitrogen and oxygen atoms in total. The predicted molar refractivity (Wildman–Crippen MR) is 98.7 cm³/mol. The van der Waals surface area contributed by atoms with Crippen molar-refractivity contribution in [2.24, 2.45) is 0 Å². The van der Waals surface area contributed by atoms with Crippen LogP contribution in [0.3, 0.4) is 0 Å². The average Bonchev–Trinajstić information content (AvgIpc) is 2.53. The minimum atomic E-state index is -0.206. The molecule has 0 saturated carbocycles. The topological polar surface area (TPSA) is 66.9 Å². The normalized spacial score (nSPS) is 10.8. The number of benzene rings is 1. The highest BCUT2D eigenvalue weighted by atomic mass is 16.1. The van der Waals surface area contributed by atoms with E-state index in [0.717, 1.165) is 35.3 Å². The van der Waals surface area contributed by atoms with E-state index in [9.17, 15) is 4.79 Å². The number of aromatic nitrogens is 2. The van der Waals surface area contributed by atoms with E-state index in [1.807, 2.05) is 39.0 Å². The Balaban J connectivity index is 2.32. The fourth-order valence-corrected chi connectivity index (χ4v) is 2.59. The van der Waals surface area contributed by atoms with Crippen LogP contribution in [0.4, 0.5) is 11.6 Å². The third-order valence-corrected chi connectivity index (χ3v) is 3.74. The smallest absolute Gasteiger partial charge is 0.274 e. The van der Waals surface area contributed by atoms with Crippen LogP contribution in [0.2, 0.25) is 0 Å². The van der Waals surface area contributed by atoms with Gasteiger partial charge in [-0.3, -0.25) is 4.79 Å². The van der Waals surface area contributed by atoms with Crippen LogP contribution in [0.25, 0.3) is 0 Å². The van der Waals surface area contributed by atoms with Gasteiger partial charge in [-0.2, -0.15) is 0 Å². The van der Waals surface area contributed by atoms with Gasteiger partial charge in [-0.1, -0.05) is 32.0 Å². The van der Waals surface area contributed by atoms with E-state index in [1.165, 1.54) is 0 Å². The maximum Gasteiger partial charge on any atom is 0.274 e. The Hall–Kier alpha value is -2.43. The molecule has 0 radical (unpaired) electrons. The molecule has 0 aliphatic heterocycles. The van der Waals surface area contributed by atoms with Crippen molar-refractivity contribution in [1.29, 1.82) is 0 Å². The van der Waals surface area contributed by atoms with Crippen LogP contribution in [0.15, 0.2) is 24.3 Å². The third-order valence-electron chi connectivity index (χ3n) is 3.74. The molecule has 0 aliphatic carbocycles. The van der Waals surface area contributed by atoms with E-state index >= 15 is 0 Å². The Morgan fingerprint density at radius 3 is 2.29 bits per heavy atom. The maximum atomic E-state index is 12.7. The number of amides is 1. The molecule has 1 amide bonds. The summed E-state index contributed by atoms with van der Waals surface area (Å²) in [5.74, 6) is 0.276. The molecule has 2 rings (SSSR count). The Morgan fingerprint density at radius 1 is 1.12 bits per heavy atom. The lowest BCUT2D eigenvalue weighted by Crippen LogP contribution is -2.19. The number of hydrogen-bond donors (Lipinski definition) is 2. The van der Waals surface area contributed by atoms with E-state index in [2.05, 4.69) is 34.4 Å². The minimum absolute atomic E-state index is 0.204. The van der Waals surface area contributed by atoms with Crippen molar-refractivity contribution in [3.8, 4) is 0 Å². The van der Waals surface area contributed by atoms with Gasteiger partial charge >= 0.3 is 0 Å². The maximum absolute atomic E-state index is 12.7. The highest BCUT2D eigenvalue weighted by Crippen LogP contribution is 2.23. The summed E-state index contributed by atoms with van der Waals surface area (Å²) in [6.45, 7) is 10.1. The standard InChI is InChI=1S/C19H26N4O/c1-6-14-9-8-10-15(7-2)17(14)23-18(24)16-11-13(5)21-19(22-16)20-12(3)4/h8-12H,6-7H2,1-5H3,(H,23,24)(H,20,21,22). The predicted octanol–water partition coefficient (Wildman–Crippen LogP) is 3.98. The monoisotopic (exact) mass is 326 g/mol. The molecule has 2 N–H and O–H groups in total. The van der Waals surface area contributed by atoms with Gasteiger partial charge in [-0.25, -0.2) is 9.97 Å². The average molecular weight is 326 g/mol. The van der Waals surface area contributed by atoms with Gasteiger partial charge in [0.1, 0.15) is 5.69 Å². The van der Waals surface area contributed by atoms with Crippen LogP contribution in [0.5, 0.6) is 0 Å². The quantitative estimate of drug-likeness (QED) is 0.842. The third kappa shape index (κ3) is 4.31. The number of nitrogens with zero attached hydrogens (tertiary/aromatic N) is 2. The van der Waals surface area contributed by atoms with Crippen LogP contribution in [0, 0.1) is 6.92 Å². The summed E-state index contributed by atoms with van der Waals surface area (Å²) in [6.07, 6.45) is 1.73. The van der Waals surface area contributed by atoms with E-state index in [4.69, 9.17) is 0 Å². The van der Waals surface area contributed by atoms with Crippen LogP contribution in [-0.4, -0.2) is 21.9 Å². The highest BCUT2D eigenvalue weighted by Gasteiger charge is 2.15. The van der Waals surface area contributed by atoms with Gasteiger partial charge in [0, 0.05) is 17.4 Å². The Bertz CT molecular complexity index is 703. The van der Waals surface area contributed by atoms with Crippen molar-refractivity contribution in [2.45, 2.75) is 53.5 Å². The first-order valence-corrected chi connectivity index (χ1v) is 8.48. The first-order chi connectivity index (χ1) is 11.4. The molecule has 0 atom stereocenters. The zero-order chi connectivity index (χ0) is 17.7. The van der Waals surface area contributed by atoms with Crippen molar-refractivity contribution in [3.05, 3.63) is 46.8 Å². The number of para-hydroxylation sites is 1. The SMILES string of the molecule is CCc1cccc(CC)c1NC(=O)c1cc(C)nc(NC(C)C)n1. The number of nitrogens with one attached hydrogen (secondary N) is 2. The molecule has 128 valence electrons. The van der Waals surface area contributed by atoms with Gasteiger partial charge in [0.05, 0.1) is 0 Å². The summed E-state index contributed by atoms with van der Waals surface area (Å²) < 4.78 is 0. The number of carbonyl (C=O) groups excluding carboxylic acids is 1. The molecule has 0 aliphatic rings. The Kier molecular flexibility index (Phi) is 5.90. The van der Waals surface area contributed by atoms with E-state index in [1.54, 1.807) is 6.07 Å². The van der Waals surface area contributed by atoms with Crippen molar-refractivity contribution >= 4 is 17.5 Å². The molecule has 2 aromatic rings. The number of hydrogen-bond acceptors (Lipinski definition) is 4. The fourth-order valence-electron chi connectivity index (χ4n) is 2.59. The van der Waals surface area contributed by atoms with Gasteiger partial charge < -0.3 is 10.6 Å². The van der Waals surface area contributed by atoms with Gasteiger partial charge in [-0.05, 0) is 50.8 Å². The molecule has 5 heteroatoms. The second kappa shape index (κ2) is 7.90. The minimum Gasteiger partial charge on any atom is -0.352 e. The summed E-state index contributed by atoms with van der Waals surface area (Å²) in [6, 6.07) is 8.04. The molecule has 0 unspecified atom stereocenters. The molecule has 1 aromatic carbocycles. The lowest BCUT2D eigenvalue weighted by atomic mass is 10.0. The zero-order valence-electron chi connectivity index (χ0n) is 15.1. The summed E-state index contributed by atoms with van der Waals surface area (Å²) in [5.41, 5.74) is 4.31. The van der Waals surface area contributed by atoms with Crippen LogP contribution >= 0.6 is 0 Å². The summed E-state index contributed by atoms with van der Waals surface area (Å²) in [5, 5.41) is 6.20. The number of carbonyl (C=O) groups is 1. The van der Waals surface area contributed by atoms with Crippen molar-refractivity contribution in [1.82, 2.24) is 9.97 Å². The Morgan fingerprint density at radius 2 is 1.75 bits per heavy atom. The number of anilines is 2. The van der Waals surface area contributed by atoms with Crippen molar-refractivity contribution in [2.75, 3.05) is 10.6 Å². The van der Waals surface area contributed by atoms with E-state index < -0.39 is 0 Å². The van der Waals surface area contributed by atoms with Gasteiger partial charge in [0.25, 0.3) is 5.91 Å². The number of aryl methyl sites for hydroxylation is 3. The van der Waals surface area contributed by atoms with Crippen LogP contribution in [0.1, 0.15) is 55.0 Å². The summed E-state index contributed by atoms with van der Waals surface area (Å²) >= 11 is 0. The highest BCUT2D eigenvalue weighted by molar-refractivity contribution is 6.04. The summed E-state index contributed by atoms with van der Waals surface area (Å²) in [7, 11) is 0. The molecular weight excluding hydrogens is 300 g/mol. The first-order valence-electron chi connectivity index (χ1n) is 8.48. The van der Waals surface area contributed by atoms with E-state index in [-0.39, 0.29) is 11.9 Å². The molecule has 0 fully saturated rings. The fraction of sp³-hybridized carbons (Fsp3) is 0.421. The zero-order valence-corrected chi connectivity index (χ0v) is 15.1. The molecule has 0 spiro atoms. The second-order valence-electron chi connectivity index (χ2n) is 6.13. The van der Waals surface area contributed by atoms with Gasteiger partial charge in [-0.15, -0.1) is 0 Å². The van der Waals surface area contributed by atoms with Crippen molar-refractivity contribution < 1.29 is 4.79 Å². The Labute approximate surface area is 143 Å². The van der Waals surface area contributed by atoms with Gasteiger partial charge in [0.15, 0.2) is 0 Å². The van der Waals surface area contributed by atoms with Crippen LogP contribution in [-0.2, 0) is 12.8 Å². The molecule has 1 heterocycles. The molecule has 0 saturated heterocycles. The molecule has 0 bridgehead atoms. The lowest BCUT2D eigenvalue weighted by molar-refractivity contribution is 0.102. The van der Waals surface area contributed by atoms with E-state index in [0.29, 0.717) is 11.6 Å². The second-order valence-corrected chi connectivity index (χ2v) is 6.13. The van der Waals surface area contributed by atoms with Crippen molar-refractivity contribution in [3.63, 3.8) is 0 Å². The molecule has 1 aromatic heterocycles. The molecule has 24 heavy (non-hydrogen) atoms. The number of rotatable bonds is 6.